The SMILES string of the molecule is CN=C(N)N1C=C[C@]2(CNCCO)CC[C@H]3[C@@]45C(=C(C(=O)O)[C@@]3(O)COC)C[C@@H](CC[C@H]4C)[C@]25C1. The second kappa shape index (κ2) is 8.30. The maximum Gasteiger partial charge on any atom is 0.334 e. The molecule has 35 heavy (non-hydrogen) atoms. The van der Waals surface area contributed by atoms with Gasteiger partial charge in [0, 0.05) is 62.2 Å². The number of aliphatic hydroxyl groups excluding tert-OH is 1. The van der Waals surface area contributed by atoms with Gasteiger partial charge in [0.05, 0.1) is 18.8 Å². The third-order valence-electron chi connectivity index (χ3n) is 10.6. The molecule has 4 aliphatic carbocycles. The van der Waals surface area contributed by atoms with E-state index in [1.54, 1.807) is 7.05 Å². The van der Waals surface area contributed by atoms with Crippen LogP contribution in [0.1, 0.15) is 39.0 Å². The van der Waals surface area contributed by atoms with Crippen molar-refractivity contribution in [3.05, 3.63) is 23.4 Å². The highest BCUT2D eigenvalue weighted by atomic mass is 16.5. The highest BCUT2D eigenvalue weighted by Gasteiger charge is 2.82. The first-order valence-electron chi connectivity index (χ1n) is 12.9. The van der Waals surface area contributed by atoms with Gasteiger partial charge in [-0.1, -0.05) is 13.0 Å². The van der Waals surface area contributed by atoms with E-state index in [-0.39, 0.29) is 47.4 Å². The van der Waals surface area contributed by atoms with E-state index in [4.69, 9.17) is 10.5 Å². The first-order valence-corrected chi connectivity index (χ1v) is 12.9. The second-order valence-corrected chi connectivity index (χ2v) is 11.4. The molecule has 0 unspecified atom stereocenters. The Hall–Kier alpha value is -1.94. The number of nitrogens with two attached hydrogens (primary N) is 1. The fourth-order valence-corrected chi connectivity index (χ4v) is 9.75. The molecular formula is C26H40N4O5. The van der Waals surface area contributed by atoms with Crippen LogP contribution in [0, 0.1) is 34.0 Å². The van der Waals surface area contributed by atoms with Crippen molar-refractivity contribution in [3.8, 4) is 0 Å². The second-order valence-electron chi connectivity index (χ2n) is 11.4. The number of carbonyl (C=O) groups is 1. The predicted molar refractivity (Wildman–Crippen MR) is 131 cm³/mol. The lowest BCUT2D eigenvalue weighted by Crippen LogP contribution is -2.72. The Kier molecular flexibility index (Phi) is 5.86. The van der Waals surface area contributed by atoms with Crippen LogP contribution in [0.25, 0.3) is 0 Å². The summed E-state index contributed by atoms with van der Waals surface area (Å²) in [5.74, 6) is -0.355. The summed E-state index contributed by atoms with van der Waals surface area (Å²) in [6, 6.07) is 0. The monoisotopic (exact) mass is 488 g/mol. The van der Waals surface area contributed by atoms with Crippen LogP contribution in [0.2, 0.25) is 0 Å². The number of nitrogens with zero attached hydrogens (tertiary/aromatic N) is 2. The molecule has 9 nitrogen and oxygen atoms in total. The number of aliphatic carboxylic acids is 1. The Labute approximate surface area is 207 Å². The van der Waals surface area contributed by atoms with Crippen molar-refractivity contribution < 1.29 is 24.9 Å². The van der Waals surface area contributed by atoms with Crippen LogP contribution >= 0.6 is 0 Å². The Morgan fingerprint density at radius 2 is 2.14 bits per heavy atom. The van der Waals surface area contributed by atoms with Crippen LogP contribution in [0.3, 0.4) is 0 Å². The highest BCUT2D eigenvalue weighted by Crippen LogP contribution is 2.84. The van der Waals surface area contributed by atoms with Gasteiger partial charge < -0.3 is 36.0 Å². The molecule has 0 amide bonds. The number of ether oxygens (including phenoxy) is 1. The average Bonchev–Trinajstić information content (AvgIpc) is 3.17. The van der Waals surface area contributed by atoms with Gasteiger partial charge in [-0.2, -0.15) is 0 Å². The number of guanidine groups is 1. The number of hydrogen-bond donors (Lipinski definition) is 5. The zero-order chi connectivity index (χ0) is 25.2. The van der Waals surface area contributed by atoms with Crippen molar-refractivity contribution in [2.45, 2.75) is 44.6 Å². The quantitative estimate of drug-likeness (QED) is 0.203. The standard InChI is InChI=1S/C26H40N4O5/c1-16-4-5-17-12-18-20(21(32)33)24(34,15-35-3)19-6-7-23(13-29-9-11-31)8-10-30(22(27)28-2)14-25(17,23)26(16,18)19/h8,10,16-17,19,29,31,34H,4-7,9,11-15H2,1-3H3,(H2,27,28)(H,32,33)/t16-,17-,19-,23+,24-,25-,26+/m1/s1. The topological polar surface area (TPSA) is 141 Å². The van der Waals surface area contributed by atoms with Crippen LogP contribution < -0.4 is 11.1 Å². The maximum absolute atomic E-state index is 12.8. The molecule has 6 N–H and O–H groups in total. The fraction of sp³-hybridized carbons (Fsp3) is 0.769. The third-order valence-corrected chi connectivity index (χ3v) is 10.6. The number of nitrogens with one attached hydrogen (secondary N) is 1. The summed E-state index contributed by atoms with van der Waals surface area (Å²) in [7, 11) is 3.22. The summed E-state index contributed by atoms with van der Waals surface area (Å²) in [4.78, 5) is 19.1. The molecule has 2 spiro atoms. The van der Waals surface area contributed by atoms with Crippen molar-refractivity contribution in [3.63, 3.8) is 0 Å². The van der Waals surface area contributed by atoms with Gasteiger partial charge in [-0.05, 0) is 49.5 Å². The summed E-state index contributed by atoms with van der Waals surface area (Å²) in [5, 5.41) is 35.6. The van der Waals surface area contributed by atoms with E-state index in [0.717, 1.165) is 24.8 Å². The van der Waals surface area contributed by atoms with Gasteiger partial charge in [0.2, 0.25) is 0 Å². The molecule has 1 heterocycles. The summed E-state index contributed by atoms with van der Waals surface area (Å²) >= 11 is 0. The zero-order valence-electron chi connectivity index (χ0n) is 21.1. The Balaban J connectivity index is 1.80. The van der Waals surface area contributed by atoms with Gasteiger partial charge in [0.25, 0.3) is 0 Å². The van der Waals surface area contributed by atoms with E-state index in [9.17, 15) is 20.1 Å². The average molecular weight is 489 g/mol. The largest absolute Gasteiger partial charge is 0.478 e. The molecule has 5 aliphatic rings. The minimum atomic E-state index is -1.53. The number of carboxylic acids is 1. The molecule has 194 valence electrons. The van der Waals surface area contributed by atoms with E-state index in [1.807, 2.05) is 11.1 Å². The molecule has 9 heteroatoms. The number of hydrogen-bond acceptors (Lipinski definition) is 6. The van der Waals surface area contributed by atoms with Gasteiger partial charge in [-0.15, -0.1) is 0 Å². The van der Waals surface area contributed by atoms with E-state index in [0.29, 0.717) is 38.4 Å². The Bertz CT molecular complexity index is 996. The van der Waals surface area contributed by atoms with E-state index >= 15 is 0 Å². The van der Waals surface area contributed by atoms with Gasteiger partial charge in [0.15, 0.2) is 5.96 Å². The molecule has 7 atom stereocenters. The van der Waals surface area contributed by atoms with E-state index < -0.39 is 17.0 Å². The first kappa shape index (κ1) is 24.7. The lowest BCUT2D eigenvalue weighted by atomic mass is 9.35. The molecule has 0 radical (unpaired) electrons. The van der Waals surface area contributed by atoms with Crippen LogP contribution in [-0.4, -0.2) is 84.8 Å². The van der Waals surface area contributed by atoms with Crippen LogP contribution in [0.4, 0.5) is 0 Å². The predicted octanol–water partition coefficient (Wildman–Crippen LogP) is 0.933. The number of methoxy groups -OCH3 is 1. The molecule has 0 aromatic heterocycles. The molecule has 0 aromatic rings. The lowest BCUT2D eigenvalue weighted by Gasteiger charge is -2.70. The van der Waals surface area contributed by atoms with E-state index in [2.05, 4.69) is 23.3 Å². The molecule has 0 aromatic carbocycles. The molecular weight excluding hydrogens is 448 g/mol. The number of allylic oxidation sites excluding steroid dienone is 1. The van der Waals surface area contributed by atoms with Gasteiger partial charge in [0.1, 0.15) is 5.60 Å². The Morgan fingerprint density at radius 1 is 1.37 bits per heavy atom. The van der Waals surface area contributed by atoms with Gasteiger partial charge in [-0.25, -0.2) is 4.79 Å². The number of carboxylic acid groups (broad SMARTS) is 1. The van der Waals surface area contributed by atoms with Crippen LogP contribution in [-0.2, 0) is 9.53 Å². The minimum Gasteiger partial charge on any atom is -0.478 e. The summed E-state index contributed by atoms with van der Waals surface area (Å²) < 4.78 is 5.50. The molecule has 1 aliphatic heterocycles. The summed E-state index contributed by atoms with van der Waals surface area (Å²) in [6.07, 6.45) is 8.55. The van der Waals surface area contributed by atoms with Gasteiger partial charge >= 0.3 is 5.97 Å². The van der Waals surface area contributed by atoms with Crippen molar-refractivity contribution in [2.75, 3.05) is 47.0 Å². The highest BCUT2D eigenvalue weighted by molar-refractivity contribution is 5.92. The molecule has 5 rings (SSSR count). The summed E-state index contributed by atoms with van der Waals surface area (Å²) in [5.41, 5.74) is 4.88. The van der Waals surface area contributed by atoms with Crippen LogP contribution in [0.5, 0.6) is 0 Å². The molecule has 2 bridgehead atoms. The molecule has 3 saturated carbocycles. The molecule has 3 fully saturated rings. The minimum absolute atomic E-state index is 0.0219. The van der Waals surface area contributed by atoms with E-state index in [1.165, 1.54) is 7.11 Å². The van der Waals surface area contributed by atoms with Crippen LogP contribution in [0.15, 0.2) is 28.4 Å². The molecule has 0 saturated heterocycles. The number of aliphatic imine (C=N–C) groups is 1. The summed E-state index contributed by atoms with van der Waals surface area (Å²) in [6.45, 7) is 4.12. The number of aliphatic hydroxyl groups is 2. The number of rotatable bonds is 7. The lowest BCUT2D eigenvalue weighted by molar-refractivity contribution is -0.217. The van der Waals surface area contributed by atoms with Gasteiger partial charge in [-0.3, -0.25) is 4.99 Å². The van der Waals surface area contributed by atoms with Crippen molar-refractivity contribution >= 4 is 11.9 Å². The van der Waals surface area contributed by atoms with Crippen molar-refractivity contribution in [1.29, 1.82) is 0 Å². The van der Waals surface area contributed by atoms with Crippen molar-refractivity contribution in [2.24, 2.45) is 44.7 Å². The third kappa shape index (κ3) is 2.78. The maximum atomic E-state index is 12.8. The first-order chi connectivity index (χ1) is 16.7. The smallest absolute Gasteiger partial charge is 0.334 e. The fourth-order valence-electron chi connectivity index (χ4n) is 9.75. The van der Waals surface area contributed by atoms with Crippen molar-refractivity contribution in [1.82, 2.24) is 10.2 Å². The zero-order valence-corrected chi connectivity index (χ0v) is 21.1. The normalized spacial score (nSPS) is 44.0. The Morgan fingerprint density at radius 3 is 2.80 bits per heavy atom.